The molecule has 0 unspecified atom stereocenters. The van der Waals surface area contributed by atoms with E-state index in [2.05, 4.69) is 36.2 Å². The second-order valence-electron chi connectivity index (χ2n) is 4.32. The smallest absolute Gasteiger partial charge is 0.0896 e. The third-order valence-electron chi connectivity index (χ3n) is 3.18. The third-order valence-corrected chi connectivity index (χ3v) is 3.18. The first-order valence-corrected chi connectivity index (χ1v) is 5.81. The highest BCUT2D eigenvalue weighted by Crippen LogP contribution is 2.21. The molecule has 0 spiro atoms. The second-order valence-corrected chi connectivity index (χ2v) is 4.32. The van der Waals surface area contributed by atoms with Crippen molar-refractivity contribution in [2.75, 3.05) is 13.7 Å². The lowest BCUT2D eigenvalue weighted by Crippen LogP contribution is -2.30. The highest BCUT2D eigenvalue weighted by Gasteiger charge is 2.19. The summed E-state index contributed by atoms with van der Waals surface area (Å²) < 4.78 is 5.04. The summed E-state index contributed by atoms with van der Waals surface area (Å²) in [5, 5.41) is 3.55. The molecule has 0 aromatic heterocycles. The maximum Gasteiger partial charge on any atom is 0.0896 e. The van der Waals surface area contributed by atoms with Crippen molar-refractivity contribution < 1.29 is 4.74 Å². The second kappa shape index (κ2) is 5.17. The lowest BCUT2D eigenvalue weighted by molar-refractivity contribution is 0.276. The summed E-state index contributed by atoms with van der Waals surface area (Å²) >= 11 is 0. The number of rotatable bonds is 5. The molecule has 0 atom stereocenters. The van der Waals surface area contributed by atoms with Crippen LogP contribution >= 0.6 is 0 Å². The van der Waals surface area contributed by atoms with Crippen molar-refractivity contribution >= 4 is 0 Å². The van der Waals surface area contributed by atoms with Crippen LogP contribution in [0.3, 0.4) is 0 Å². The van der Waals surface area contributed by atoms with Gasteiger partial charge in [0.2, 0.25) is 0 Å². The number of ether oxygens (including phenoxy) is 1. The highest BCUT2D eigenvalue weighted by molar-refractivity contribution is 5.33. The maximum atomic E-state index is 5.04. The summed E-state index contributed by atoms with van der Waals surface area (Å²) in [6.45, 7) is 4.76. The van der Waals surface area contributed by atoms with E-state index in [1.54, 1.807) is 7.11 Å². The van der Waals surface area contributed by atoms with Crippen molar-refractivity contribution in [2.45, 2.75) is 25.3 Å². The predicted octanol–water partition coefficient (Wildman–Crippen LogP) is 2.29. The Balaban J connectivity index is 1.77. The minimum absolute atomic E-state index is 0.585. The summed E-state index contributed by atoms with van der Waals surface area (Å²) in [7, 11) is 1.67. The molecule has 86 valence electrons. The lowest BCUT2D eigenvalue weighted by Gasteiger charge is -2.12. The molecule has 0 radical (unpaired) electrons. The third kappa shape index (κ3) is 2.64. The van der Waals surface area contributed by atoms with Crippen molar-refractivity contribution in [2.24, 2.45) is 0 Å². The highest BCUT2D eigenvalue weighted by atomic mass is 16.5. The van der Waals surface area contributed by atoms with Gasteiger partial charge in [-0.3, -0.25) is 0 Å². The lowest BCUT2D eigenvalue weighted by atomic mass is 10.1. The van der Waals surface area contributed by atoms with Crippen molar-refractivity contribution in [3.8, 4) is 0 Å². The molecular formula is C14H19NO. The molecule has 0 heterocycles. The Morgan fingerprint density at radius 1 is 1.38 bits per heavy atom. The molecule has 0 saturated carbocycles. The van der Waals surface area contributed by atoms with Crippen LogP contribution in [0.2, 0.25) is 0 Å². The topological polar surface area (TPSA) is 21.3 Å². The van der Waals surface area contributed by atoms with Gasteiger partial charge in [0.25, 0.3) is 0 Å². The minimum atomic E-state index is 0.585. The number of methoxy groups -OCH3 is 1. The fraction of sp³-hybridized carbons (Fsp3) is 0.429. The van der Waals surface area contributed by atoms with Gasteiger partial charge in [-0.25, -0.2) is 0 Å². The van der Waals surface area contributed by atoms with Crippen LogP contribution in [0.15, 0.2) is 36.6 Å². The molecular weight excluding hydrogens is 198 g/mol. The molecule has 0 amide bonds. The zero-order chi connectivity index (χ0) is 11.4. The van der Waals surface area contributed by atoms with Gasteiger partial charge < -0.3 is 10.1 Å². The van der Waals surface area contributed by atoms with E-state index in [0.717, 1.165) is 31.6 Å². The largest absolute Gasteiger partial charge is 0.502 e. The van der Waals surface area contributed by atoms with Gasteiger partial charge in [-0.1, -0.05) is 30.8 Å². The summed E-state index contributed by atoms with van der Waals surface area (Å²) in [5.74, 6) is 0.850. The fourth-order valence-corrected chi connectivity index (χ4v) is 2.22. The molecule has 1 aromatic carbocycles. The molecule has 0 fully saturated rings. The average Bonchev–Trinajstić information content (AvgIpc) is 2.71. The molecule has 16 heavy (non-hydrogen) atoms. The predicted molar refractivity (Wildman–Crippen MR) is 66.4 cm³/mol. The van der Waals surface area contributed by atoms with Gasteiger partial charge in [-0.15, -0.1) is 0 Å². The van der Waals surface area contributed by atoms with Crippen LogP contribution in [0.5, 0.6) is 0 Å². The number of fused-ring (bicyclic) bond motifs is 1. The van der Waals surface area contributed by atoms with Gasteiger partial charge in [0.1, 0.15) is 0 Å². The zero-order valence-corrected chi connectivity index (χ0v) is 9.83. The average molecular weight is 217 g/mol. The number of benzene rings is 1. The Kier molecular flexibility index (Phi) is 3.62. The van der Waals surface area contributed by atoms with Crippen LogP contribution in [0.25, 0.3) is 0 Å². The van der Waals surface area contributed by atoms with Crippen molar-refractivity contribution in [3.05, 3.63) is 47.7 Å². The van der Waals surface area contributed by atoms with Crippen LogP contribution in [0.1, 0.15) is 17.5 Å². The van der Waals surface area contributed by atoms with Crippen LogP contribution in [-0.2, 0) is 17.6 Å². The Labute approximate surface area is 97.3 Å². The SMILES string of the molecule is C=C(CCNC1Cc2ccccc2C1)OC. The maximum absolute atomic E-state index is 5.04. The molecule has 2 rings (SSSR count). The molecule has 0 bridgehead atoms. The van der Waals surface area contributed by atoms with Crippen molar-refractivity contribution in [3.63, 3.8) is 0 Å². The van der Waals surface area contributed by atoms with Crippen molar-refractivity contribution in [1.29, 1.82) is 0 Å². The van der Waals surface area contributed by atoms with Gasteiger partial charge in [0.05, 0.1) is 12.9 Å². The van der Waals surface area contributed by atoms with Crippen molar-refractivity contribution in [1.82, 2.24) is 5.32 Å². The summed E-state index contributed by atoms with van der Waals surface area (Å²) in [5.41, 5.74) is 2.98. The number of nitrogens with one attached hydrogen (secondary N) is 1. The fourth-order valence-electron chi connectivity index (χ4n) is 2.22. The van der Waals surface area contributed by atoms with Gasteiger partial charge in [-0.2, -0.15) is 0 Å². The van der Waals surface area contributed by atoms with E-state index < -0.39 is 0 Å². The Morgan fingerprint density at radius 3 is 2.56 bits per heavy atom. The van der Waals surface area contributed by atoms with E-state index in [0.29, 0.717) is 6.04 Å². The van der Waals surface area contributed by atoms with E-state index in [9.17, 15) is 0 Å². The quantitative estimate of drug-likeness (QED) is 0.764. The number of hydrogen-bond donors (Lipinski definition) is 1. The molecule has 1 aromatic rings. The Morgan fingerprint density at radius 2 is 2.00 bits per heavy atom. The van der Waals surface area contributed by atoms with Crippen LogP contribution in [-0.4, -0.2) is 19.7 Å². The van der Waals surface area contributed by atoms with Crippen LogP contribution in [0.4, 0.5) is 0 Å². The summed E-state index contributed by atoms with van der Waals surface area (Å²) in [6.07, 6.45) is 3.19. The van der Waals surface area contributed by atoms with Gasteiger partial charge in [-0.05, 0) is 24.0 Å². The first-order valence-electron chi connectivity index (χ1n) is 5.81. The molecule has 1 N–H and O–H groups in total. The van der Waals surface area contributed by atoms with Crippen LogP contribution < -0.4 is 5.32 Å². The zero-order valence-electron chi connectivity index (χ0n) is 9.83. The summed E-state index contributed by atoms with van der Waals surface area (Å²) in [6, 6.07) is 9.28. The molecule has 0 saturated heterocycles. The standard InChI is InChI=1S/C14H19NO/c1-11(16-2)7-8-15-14-9-12-5-3-4-6-13(12)10-14/h3-6,14-15H,1,7-10H2,2H3. The molecule has 1 aliphatic rings. The van der Waals surface area contributed by atoms with E-state index in [4.69, 9.17) is 4.74 Å². The molecule has 2 nitrogen and oxygen atoms in total. The van der Waals surface area contributed by atoms with Gasteiger partial charge in [0.15, 0.2) is 0 Å². The van der Waals surface area contributed by atoms with Crippen LogP contribution in [0, 0.1) is 0 Å². The molecule has 2 heteroatoms. The first-order chi connectivity index (χ1) is 7.79. The Bertz CT molecular complexity index is 348. The normalized spacial score (nSPS) is 14.8. The summed E-state index contributed by atoms with van der Waals surface area (Å²) in [4.78, 5) is 0. The van der Waals surface area contributed by atoms with Gasteiger partial charge >= 0.3 is 0 Å². The first kappa shape index (κ1) is 11.2. The Hall–Kier alpha value is -1.28. The molecule has 1 aliphatic carbocycles. The van der Waals surface area contributed by atoms with E-state index in [-0.39, 0.29) is 0 Å². The monoisotopic (exact) mass is 217 g/mol. The van der Waals surface area contributed by atoms with E-state index in [1.165, 1.54) is 11.1 Å². The molecule has 0 aliphatic heterocycles. The van der Waals surface area contributed by atoms with E-state index >= 15 is 0 Å². The van der Waals surface area contributed by atoms with E-state index in [1.807, 2.05) is 0 Å². The minimum Gasteiger partial charge on any atom is -0.502 e. The van der Waals surface area contributed by atoms with Gasteiger partial charge in [0, 0.05) is 19.0 Å². The number of hydrogen-bond acceptors (Lipinski definition) is 2.